The molecule has 0 aliphatic carbocycles. The van der Waals surface area contributed by atoms with Gasteiger partial charge < -0.3 is 9.59 Å². The molecule has 1 unspecified atom stereocenters. The van der Waals surface area contributed by atoms with Crippen LogP contribution in [0.1, 0.15) is 111 Å². The summed E-state index contributed by atoms with van der Waals surface area (Å²) >= 11 is 0. The molecule has 0 fully saturated rings. The Kier molecular flexibility index (Phi) is 14.0. The van der Waals surface area contributed by atoms with Crippen molar-refractivity contribution in [2.45, 2.75) is 116 Å². The molecule has 0 aromatic heterocycles. The number of likely N-dealkylation sites (N-methyl/N-ethyl adjacent to an activating group) is 1. The van der Waals surface area contributed by atoms with E-state index in [-0.39, 0.29) is 0 Å². The lowest BCUT2D eigenvalue weighted by Crippen LogP contribution is -2.72. The first-order valence-electron chi connectivity index (χ1n) is 12.4. The molecule has 6 nitrogen and oxygen atoms in total. The summed E-state index contributed by atoms with van der Waals surface area (Å²) < 4.78 is 34.2. The average Bonchev–Trinajstić information content (AvgIpc) is 2.62. The van der Waals surface area contributed by atoms with E-state index in [0.717, 1.165) is 38.5 Å². The van der Waals surface area contributed by atoms with E-state index in [1.54, 1.807) is 13.8 Å². The summed E-state index contributed by atoms with van der Waals surface area (Å²) in [5.41, 5.74) is -1.13. The zero-order chi connectivity index (χ0) is 24.9. The molecular formula is C25H50NO5S+. The van der Waals surface area contributed by atoms with Crippen LogP contribution in [0.3, 0.4) is 0 Å². The van der Waals surface area contributed by atoms with Crippen molar-refractivity contribution in [3.05, 3.63) is 12.2 Å². The van der Waals surface area contributed by atoms with E-state index >= 15 is 0 Å². The normalized spacial score (nSPS) is 15.2. The van der Waals surface area contributed by atoms with Gasteiger partial charge in [0.05, 0.1) is 21.1 Å². The van der Waals surface area contributed by atoms with Crippen molar-refractivity contribution in [1.82, 2.24) is 0 Å². The van der Waals surface area contributed by atoms with Crippen LogP contribution in [0.15, 0.2) is 12.2 Å². The maximum atomic E-state index is 12.3. The Balaban J connectivity index is 4.34. The van der Waals surface area contributed by atoms with Gasteiger partial charge in [0.25, 0.3) is 0 Å². The molecule has 0 aromatic carbocycles. The minimum absolute atomic E-state index is 0.404. The Morgan fingerprint density at radius 1 is 0.812 bits per heavy atom. The monoisotopic (exact) mass is 476 g/mol. The fourth-order valence-corrected chi connectivity index (χ4v) is 6.81. The quantitative estimate of drug-likeness (QED) is 0.0970. The van der Waals surface area contributed by atoms with Crippen molar-refractivity contribution >= 4 is 16.1 Å². The average molecular weight is 477 g/mol. The molecule has 0 aliphatic rings. The second-order valence-corrected chi connectivity index (χ2v) is 12.2. The summed E-state index contributed by atoms with van der Waals surface area (Å²) in [5.74, 6) is -1.51. The summed E-state index contributed by atoms with van der Waals surface area (Å²) in [6.07, 6.45) is 20.2. The summed E-state index contributed by atoms with van der Waals surface area (Å²) in [7, 11) is -0.336. The standard InChI is InChI=1S/C25H49NO5S/c1-7-8-9-10-11-12-13-14-15-16-17-18-19-20-21-22-24(2,3)25(23(27)28,26(4,5)6)32(29,30)31/h14-15H,7-13,16-22H2,1-6H3,(H-,27,28,29,30,31)/p+1. The molecule has 0 aromatic rings. The molecule has 0 saturated heterocycles. The molecule has 0 rings (SSSR count). The van der Waals surface area contributed by atoms with Gasteiger partial charge in [0.15, 0.2) is 0 Å². The van der Waals surface area contributed by atoms with Crippen LogP contribution in [0.25, 0.3) is 0 Å². The van der Waals surface area contributed by atoms with Crippen molar-refractivity contribution in [2.75, 3.05) is 21.1 Å². The molecule has 7 heteroatoms. The van der Waals surface area contributed by atoms with Crippen molar-refractivity contribution in [1.29, 1.82) is 0 Å². The SMILES string of the molecule is CCCCCCCCC=CCCCCCCCC(C)(C)C(C(=O)O)([N+](C)(C)C)S(=O)(=O)O. The van der Waals surface area contributed by atoms with Crippen molar-refractivity contribution in [3.63, 3.8) is 0 Å². The number of carboxylic acid groups (broad SMARTS) is 1. The smallest absolute Gasteiger partial charge is 0.385 e. The van der Waals surface area contributed by atoms with Gasteiger partial charge in [0.2, 0.25) is 0 Å². The molecule has 0 radical (unpaired) electrons. The highest BCUT2D eigenvalue weighted by atomic mass is 32.2. The van der Waals surface area contributed by atoms with Gasteiger partial charge >= 0.3 is 21.0 Å². The summed E-state index contributed by atoms with van der Waals surface area (Å²) in [6.45, 7) is 5.50. The highest BCUT2D eigenvalue weighted by Gasteiger charge is 2.70. The summed E-state index contributed by atoms with van der Waals surface area (Å²) in [6, 6.07) is 0. The summed E-state index contributed by atoms with van der Waals surface area (Å²) in [5, 5.41) is 9.89. The topological polar surface area (TPSA) is 91.7 Å². The van der Waals surface area contributed by atoms with E-state index in [1.165, 1.54) is 66.1 Å². The lowest BCUT2D eigenvalue weighted by atomic mass is 9.77. The number of carboxylic acids is 1. The molecule has 0 aliphatic heterocycles. The van der Waals surface area contributed by atoms with Crippen LogP contribution >= 0.6 is 0 Å². The van der Waals surface area contributed by atoms with Crippen LogP contribution in [0, 0.1) is 5.41 Å². The molecule has 0 bridgehead atoms. The van der Waals surface area contributed by atoms with E-state index in [9.17, 15) is 22.9 Å². The Bertz CT molecular complexity index is 664. The third-order valence-electron chi connectivity index (χ3n) is 6.59. The number of hydrogen-bond acceptors (Lipinski definition) is 3. The largest absolute Gasteiger partial charge is 0.476 e. The maximum Gasteiger partial charge on any atom is 0.385 e. The second-order valence-electron chi connectivity index (χ2n) is 10.7. The number of aliphatic carboxylic acids is 1. The van der Waals surface area contributed by atoms with Gasteiger partial charge in [0.1, 0.15) is 0 Å². The third-order valence-corrected chi connectivity index (χ3v) is 8.61. The minimum atomic E-state index is -4.85. The van der Waals surface area contributed by atoms with Gasteiger partial charge in [-0.3, -0.25) is 4.55 Å². The highest BCUT2D eigenvalue weighted by molar-refractivity contribution is 7.87. The van der Waals surface area contributed by atoms with Gasteiger partial charge in [-0.15, -0.1) is 0 Å². The molecule has 0 spiro atoms. The molecule has 0 amide bonds. The lowest BCUT2D eigenvalue weighted by molar-refractivity contribution is -0.906. The Hall–Kier alpha value is -0.920. The van der Waals surface area contributed by atoms with Crippen LogP contribution in [-0.2, 0) is 14.9 Å². The minimum Gasteiger partial charge on any atom is -0.476 e. The Morgan fingerprint density at radius 3 is 1.59 bits per heavy atom. The Morgan fingerprint density at radius 2 is 1.22 bits per heavy atom. The number of allylic oxidation sites excluding steroid dienone is 2. The van der Waals surface area contributed by atoms with Crippen molar-refractivity contribution < 1.29 is 27.4 Å². The molecular weight excluding hydrogens is 426 g/mol. The van der Waals surface area contributed by atoms with Gasteiger partial charge in [-0.05, 0) is 32.1 Å². The van der Waals surface area contributed by atoms with Gasteiger partial charge in [-0.1, -0.05) is 90.7 Å². The van der Waals surface area contributed by atoms with Crippen LogP contribution < -0.4 is 0 Å². The maximum absolute atomic E-state index is 12.3. The van der Waals surface area contributed by atoms with Gasteiger partial charge in [-0.2, -0.15) is 8.42 Å². The molecule has 32 heavy (non-hydrogen) atoms. The van der Waals surface area contributed by atoms with Gasteiger partial charge in [0, 0.05) is 5.41 Å². The van der Waals surface area contributed by atoms with E-state index in [4.69, 9.17) is 0 Å². The van der Waals surface area contributed by atoms with Crippen LogP contribution in [-0.4, -0.2) is 54.5 Å². The number of rotatable bonds is 19. The van der Waals surface area contributed by atoms with E-state index in [2.05, 4.69) is 19.1 Å². The highest BCUT2D eigenvalue weighted by Crippen LogP contribution is 2.46. The lowest BCUT2D eigenvalue weighted by Gasteiger charge is -2.48. The van der Waals surface area contributed by atoms with E-state index in [1.807, 2.05) is 0 Å². The van der Waals surface area contributed by atoms with E-state index in [0.29, 0.717) is 6.42 Å². The second kappa shape index (κ2) is 14.4. The van der Waals surface area contributed by atoms with Gasteiger partial charge in [-0.25, -0.2) is 4.79 Å². The molecule has 190 valence electrons. The number of hydrogen-bond donors (Lipinski definition) is 2. The molecule has 0 saturated carbocycles. The number of carbonyl (C=O) groups is 1. The predicted molar refractivity (Wildman–Crippen MR) is 133 cm³/mol. The van der Waals surface area contributed by atoms with Crippen molar-refractivity contribution in [3.8, 4) is 0 Å². The van der Waals surface area contributed by atoms with Crippen LogP contribution in [0.4, 0.5) is 0 Å². The van der Waals surface area contributed by atoms with Crippen molar-refractivity contribution in [2.24, 2.45) is 5.41 Å². The van der Waals surface area contributed by atoms with E-state index < -0.39 is 30.9 Å². The van der Waals surface area contributed by atoms with Crippen LogP contribution in [0.5, 0.6) is 0 Å². The molecule has 0 heterocycles. The number of unbranched alkanes of at least 4 members (excludes halogenated alkanes) is 11. The zero-order valence-electron chi connectivity index (χ0n) is 21.5. The first-order valence-corrected chi connectivity index (χ1v) is 13.9. The number of quaternary nitrogens is 1. The Labute approximate surface area is 197 Å². The molecule has 2 N–H and O–H groups in total. The first-order chi connectivity index (χ1) is 14.8. The molecule has 1 atom stereocenters. The summed E-state index contributed by atoms with van der Waals surface area (Å²) in [4.78, 5) is 9.84. The fourth-order valence-electron chi connectivity index (χ4n) is 5.10. The zero-order valence-corrected chi connectivity index (χ0v) is 22.3. The third kappa shape index (κ3) is 9.14. The fraction of sp³-hybridized carbons (Fsp3) is 0.880. The number of nitrogens with zero attached hydrogens (tertiary/aromatic N) is 1. The van der Waals surface area contributed by atoms with Crippen LogP contribution in [0.2, 0.25) is 0 Å². The predicted octanol–water partition coefficient (Wildman–Crippen LogP) is 6.43. The first kappa shape index (κ1) is 31.1.